The number of carbonyl (C=O) groups is 1. The SMILES string of the molecule is O=CNCCCc1ccccc1. The summed E-state index contributed by atoms with van der Waals surface area (Å²) in [7, 11) is 0. The summed E-state index contributed by atoms with van der Waals surface area (Å²) in [6.45, 7) is 0.762. The van der Waals surface area contributed by atoms with Crippen LogP contribution in [-0.4, -0.2) is 13.0 Å². The highest BCUT2D eigenvalue weighted by atomic mass is 16.1. The minimum absolute atomic E-state index is 0.741. The maximum absolute atomic E-state index is 9.91. The molecule has 0 aliphatic rings. The van der Waals surface area contributed by atoms with Crippen molar-refractivity contribution < 1.29 is 4.79 Å². The first-order valence-electron chi connectivity index (χ1n) is 4.14. The van der Waals surface area contributed by atoms with E-state index in [0.717, 1.165) is 25.8 Å². The summed E-state index contributed by atoms with van der Waals surface area (Å²) in [6.07, 6.45) is 2.77. The van der Waals surface area contributed by atoms with Crippen molar-refractivity contribution in [2.24, 2.45) is 0 Å². The van der Waals surface area contributed by atoms with E-state index in [4.69, 9.17) is 0 Å². The molecule has 0 radical (unpaired) electrons. The van der Waals surface area contributed by atoms with Gasteiger partial charge in [0.1, 0.15) is 0 Å². The summed E-state index contributed by atoms with van der Waals surface area (Å²) in [6, 6.07) is 10.3. The average Bonchev–Trinajstić information content (AvgIpc) is 2.14. The van der Waals surface area contributed by atoms with Crippen molar-refractivity contribution in [3.63, 3.8) is 0 Å². The second-order valence-corrected chi connectivity index (χ2v) is 2.66. The van der Waals surface area contributed by atoms with Gasteiger partial charge in [0.05, 0.1) is 0 Å². The molecule has 0 atom stereocenters. The van der Waals surface area contributed by atoms with Gasteiger partial charge in [-0.1, -0.05) is 30.3 Å². The first-order valence-corrected chi connectivity index (χ1v) is 4.14. The summed E-state index contributed by atoms with van der Waals surface area (Å²) >= 11 is 0. The van der Waals surface area contributed by atoms with Crippen molar-refractivity contribution in [3.05, 3.63) is 35.9 Å². The predicted octanol–water partition coefficient (Wildman–Crippen LogP) is 1.37. The van der Waals surface area contributed by atoms with Gasteiger partial charge in [-0.05, 0) is 18.4 Å². The van der Waals surface area contributed by atoms with E-state index >= 15 is 0 Å². The van der Waals surface area contributed by atoms with Crippen LogP contribution in [0.2, 0.25) is 0 Å². The average molecular weight is 163 g/mol. The smallest absolute Gasteiger partial charge is 0.207 e. The van der Waals surface area contributed by atoms with Crippen molar-refractivity contribution in [2.45, 2.75) is 12.8 Å². The van der Waals surface area contributed by atoms with Crippen LogP contribution in [0.3, 0.4) is 0 Å². The molecular formula is C10H13NO. The lowest BCUT2D eigenvalue weighted by Gasteiger charge is -1.99. The molecule has 2 nitrogen and oxygen atoms in total. The molecule has 0 fully saturated rings. The first-order chi connectivity index (χ1) is 5.93. The third-order valence-electron chi connectivity index (χ3n) is 1.71. The molecule has 1 N–H and O–H groups in total. The summed E-state index contributed by atoms with van der Waals surface area (Å²) in [5, 5.41) is 2.64. The zero-order valence-corrected chi connectivity index (χ0v) is 6.99. The molecular weight excluding hydrogens is 150 g/mol. The highest BCUT2D eigenvalue weighted by Crippen LogP contribution is 2.00. The molecule has 1 aromatic carbocycles. The maximum atomic E-state index is 9.91. The zero-order chi connectivity index (χ0) is 8.65. The Balaban J connectivity index is 2.20. The zero-order valence-electron chi connectivity index (χ0n) is 6.99. The van der Waals surface area contributed by atoms with Crippen molar-refractivity contribution in [2.75, 3.05) is 6.54 Å². The van der Waals surface area contributed by atoms with Gasteiger partial charge in [0.25, 0.3) is 0 Å². The summed E-state index contributed by atoms with van der Waals surface area (Å²) in [4.78, 5) is 9.91. The van der Waals surface area contributed by atoms with E-state index in [1.807, 2.05) is 18.2 Å². The quantitative estimate of drug-likeness (QED) is 0.515. The van der Waals surface area contributed by atoms with E-state index < -0.39 is 0 Å². The van der Waals surface area contributed by atoms with Gasteiger partial charge < -0.3 is 5.32 Å². The molecule has 0 aromatic heterocycles. The van der Waals surface area contributed by atoms with E-state index in [1.165, 1.54) is 5.56 Å². The number of amides is 1. The Kier molecular flexibility index (Phi) is 3.92. The number of rotatable bonds is 5. The molecule has 0 heterocycles. The van der Waals surface area contributed by atoms with Gasteiger partial charge in [0.15, 0.2) is 0 Å². The molecule has 1 aromatic rings. The topological polar surface area (TPSA) is 29.1 Å². The van der Waals surface area contributed by atoms with Crippen LogP contribution in [0.25, 0.3) is 0 Å². The molecule has 1 amide bonds. The highest BCUT2D eigenvalue weighted by molar-refractivity contribution is 5.45. The minimum atomic E-state index is 0.741. The van der Waals surface area contributed by atoms with Crippen LogP contribution in [0.5, 0.6) is 0 Å². The third-order valence-corrected chi connectivity index (χ3v) is 1.71. The van der Waals surface area contributed by atoms with E-state index in [0.29, 0.717) is 0 Å². The number of hydrogen-bond donors (Lipinski definition) is 1. The van der Waals surface area contributed by atoms with Gasteiger partial charge >= 0.3 is 0 Å². The first kappa shape index (κ1) is 8.78. The number of carbonyl (C=O) groups excluding carboxylic acids is 1. The summed E-state index contributed by atoms with van der Waals surface area (Å²) in [5.41, 5.74) is 1.32. The van der Waals surface area contributed by atoms with Gasteiger partial charge in [0, 0.05) is 6.54 Å². The second kappa shape index (κ2) is 5.35. The lowest BCUT2D eigenvalue weighted by atomic mass is 10.1. The maximum Gasteiger partial charge on any atom is 0.207 e. The van der Waals surface area contributed by atoms with E-state index in [-0.39, 0.29) is 0 Å². The lowest BCUT2D eigenvalue weighted by Crippen LogP contribution is -2.12. The molecule has 0 aliphatic carbocycles. The summed E-state index contributed by atoms with van der Waals surface area (Å²) in [5.74, 6) is 0. The highest BCUT2D eigenvalue weighted by Gasteiger charge is 1.89. The number of nitrogens with one attached hydrogen (secondary N) is 1. The monoisotopic (exact) mass is 163 g/mol. The minimum Gasteiger partial charge on any atom is -0.359 e. The molecule has 0 saturated heterocycles. The number of benzene rings is 1. The molecule has 0 spiro atoms. The fourth-order valence-corrected chi connectivity index (χ4v) is 1.10. The van der Waals surface area contributed by atoms with Crippen molar-refractivity contribution >= 4 is 6.41 Å². The van der Waals surface area contributed by atoms with Crippen LogP contribution in [0.4, 0.5) is 0 Å². The fraction of sp³-hybridized carbons (Fsp3) is 0.300. The standard InChI is InChI=1S/C10H13NO/c12-9-11-8-4-7-10-5-2-1-3-6-10/h1-3,5-6,9H,4,7-8H2,(H,11,12). The fourth-order valence-electron chi connectivity index (χ4n) is 1.10. The predicted molar refractivity (Wildman–Crippen MR) is 48.8 cm³/mol. The Labute approximate surface area is 72.6 Å². The Hall–Kier alpha value is -1.31. The molecule has 12 heavy (non-hydrogen) atoms. The lowest BCUT2D eigenvalue weighted by molar-refractivity contribution is -0.109. The van der Waals surface area contributed by atoms with E-state index in [2.05, 4.69) is 17.4 Å². The van der Waals surface area contributed by atoms with Crippen LogP contribution >= 0.6 is 0 Å². The van der Waals surface area contributed by atoms with Gasteiger partial charge in [-0.15, -0.1) is 0 Å². The van der Waals surface area contributed by atoms with Crippen LogP contribution < -0.4 is 5.32 Å². The van der Waals surface area contributed by atoms with Crippen LogP contribution in [0.1, 0.15) is 12.0 Å². The number of hydrogen-bond acceptors (Lipinski definition) is 1. The van der Waals surface area contributed by atoms with Crippen molar-refractivity contribution in [3.8, 4) is 0 Å². The molecule has 0 aliphatic heterocycles. The van der Waals surface area contributed by atoms with Gasteiger partial charge in [-0.3, -0.25) is 4.79 Å². The third kappa shape index (κ3) is 3.19. The molecule has 0 unspecified atom stereocenters. The molecule has 0 bridgehead atoms. The Morgan fingerprint density at radius 3 is 2.67 bits per heavy atom. The van der Waals surface area contributed by atoms with E-state index in [1.54, 1.807) is 0 Å². The Morgan fingerprint density at radius 2 is 2.00 bits per heavy atom. The Bertz CT molecular complexity index is 221. The van der Waals surface area contributed by atoms with Crippen LogP contribution in [-0.2, 0) is 11.2 Å². The molecule has 64 valence electrons. The van der Waals surface area contributed by atoms with Crippen molar-refractivity contribution in [1.29, 1.82) is 0 Å². The second-order valence-electron chi connectivity index (χ2n) is 2.66. The number of aryl methyl sites for hydroxylation is 1. The molecule has 0 saturated carbocycles. The molecule has 2 heteroatoms. The van der Waals surface area contributed by atoms with Crippen LogP contribution in [0, 0.1) is 0 Å². The van der Waals surface area contributed by atoms with Gasteiger partial charge in [-0.25, -0.2) is 0 Å². The molecule has 1 rings (SSSR count). The Morgan fingerprint density at radius 1 is 1.25 bits per heavy atom. The summed E-state index contributed by atoms with van der Waals surface area (Å²) < 4.78 is 0. The normalized spacial score (nSPS) is 9.33. The van der Waals surface area contributed by atoms with Gasteiger partial charge in [0.2, 0.25) is 6.41 Å². The largest absolute Gasteiger partial charge is 0.359 e. The van der Waals surface area contributed by atoms with Crippen molar-refractivity contribution in [1.82, 2.24) is 5.32 Å². The van der Waals surface area contributed by atoms with E-state index in [9.17, 15) is 4.79 Å². The van der Waals surface area contributed by atoms with Gasteiger partial charge in [-0.2, -0.15) is 0 Å². The van der Waals surface area contributed by atoms with Crippen LogP contribution in [0.15, 0.2) is 30.3 Å².